The number of ether oxygens (including phenoxy) is 2. The SMILES string of the molecule is COc1ccc(OC)c(CN(C(=O)c2cnccn2)C2CC2)c1. The van der Waals surface area contributed by atoms with Gasteiger partial charge in [-0.1, -0.05) is 0 Å². The number of rotatable bonds is 6. The molecule has 1 aliphatic carbocycles. The largest absolute Gasteiger partial charge is 0.497 e. The smallest absolute Gasteiger partial charge is 0.274 e. The van der Waals surface area contributed by atoms with Gasteiger partial charge in [0.05, 0.1) is 27.0 Å². The van der Waals surface area contributed by atoms with E-state index < -0.39 is 0 Å². The third-order valence-corrected chi connectivity index (χ3v) is 3.86. The van der Waals surface area contributed by atoms with Gasteiger partial charge in [-0.05, 0) is 31.0 Å². The molecule has 0 radical (unpaired) electrons. The lowest BCUT2D eigenvalue weighted by atomic mass is 10.1. The maximum atomic E-state index is 12.7. The first-order valence-electron chi connectivity index (χ1n) is 7.51. The van der Waals surface area contributed by atoms with E-state index in [2.05, 4.69) is 9.97 Å². The fourth-order valence-corrected chi connectivity index (χ4v) is 2.50. The molecule has 0 N–H and O–H groups in total. The average Bonchev–Trinajstić information content (AvgIpc) is 3.44. The maximum Gasteiger partial charge on any atom is 0.274 e. The van der Waals surface area contributed by atoms with Gasteiger partial charge in [-0.15, -0.1) is 0 Å². The average molecular weight is 313 g/mol. The Morgan fingerprint density at radius 3 is 2.70 bits per heavy atom. The van der Waals surface area contributed by atoms with Gasteiger partial charge >= 0.3 is 0 Å². The van der Waals surface area contributed by atoms with Crippen molar-refractivity contribution in [2.24, 2.45) is 0 Å². The Hall–Kier alpha value is -2.63. The summed E-state index contributed by atoms with van der Waals surface area (Å²) >= 11 is 0. The van der Waals surface area contributed by atoms with E-state index in [0.717, 1.165) is 29.9 Å². The number of benzene rings is 1. The second-order valence-corrected chi connectivity index (χ2v) is 5.43. The van der Waals surface area contributed by atoms with Crippen molar-refractivity contribution < 1.29 is 14.3 Å². The van der Waals surface area contributed by atoms with Gasteiger partial charge in [0.25, 0.3) is 5.91 Å². The third-order valence-electron chi connectivity index (χ3n) is 3.86. The van der Waals surface area contributed by atoms with E-state index in [0.29, 0.717) is 12.2 Å². The van der Waals surface area contributed by atoms with Crippen molar-refractivity contribution in [3.63, 3.8) is 0 Å². The quantitative estimate of drug-likeness (QED) is 0.819. The molecule has 1 heterocycles. The predicted molar refractivity (Wildman–Crippen MR) is 84.5 cm³/mol. The summed E-state index contributed by atoms with van der Waals surface area (Å²) in [5.41, 5.74) is 1.28. The highest BCUT2D eigenvalue weighted by Crippen LogP contribution is 2.32. The third kappa shape index (κ3) is 3.41. The number of carbonyl (C=O) groups excluding carboxylic acids is 1. The molecule has 3 rings (SSSR count). The van der Waals surface area contributed by atoms with E-state index in [-0.39, 0.29) is 11.9 Å². The summed E-state index contributed by atoms with van der Waals surface area (Å²) < 4.78 is 10.7. The van der Waals surface area contributed by atoms with Crippen LogP contribution in [0.15, 0.2) is 36.8 Å². The highest BCUT2D eigenvalue weighted by Gasteiger charge is 2.34. The van der Waals surface area contributed by atoms with Gasteiger partial charge in [0.2, 0.25) is 0 Å². The number of hydrogen-bond acceptors (Lipinski definition) is 5. The molecule has 6 nitrogen and oxygen atoms in total. The van der Waals surface area contributed by atoms with Crippen molar-refractivity contribution in [2.45, 2.75) is 25.4 Å². The minimum Gasteiger partial charge on any atom is -0.497 e. The Morgan fingerprint density at radius 2 is 2.09 bits per heavy atom. The highest BCUT2D eigenvalue weighted by molar-refractivity contribution is 5.92. The Kier molecular flexibility index (Phi) is 4.41. The first kappa shape index (κ1) is 15.3. The lowest BCUT2D eigenvalue weighted by molar-refractivity contribution is 0.0722. The van der Waals surface area contributed by atoms with Crippen molar-refractivity contribution in [1.82, 2.24) is 14.9 Å². The summed E-state index contributed by atoms with van der Waals surface area (Å²) in [5.74, 6) is 1.37. The Balaban J connectivity index is 1.87. The van der Waals surface area contributed by atoms with Crippen LogP contribution < -0.4 is 9.47 Å². The highest BCUT2D eigenvalue weighted by atomic mass is 16.5. The lowest BCUT2D eigenvalue weighted by Crippen LogP contribution is -2.33. The van der Waals surface area contributed by atoms with E-state index >= 15 is 0 Å². The molecule has 0 unspecified atom stereocenters. The molecule has 0 spiro atoms. The molecule has 2 aromatic rings. The van der Waals surface area contributed by atoms with Crippen molar-refractivity contribution in [2.75, 3.05) is 14.2 Å². The zero-order valence-electron chi connectivity index (χ0n) is 13.2. The zero-order valence-corrected chi connectivity index (χ0v) is 13.2. The second-order valence-electron chi connectivity index (χ2n) is 5.43. The lowest BCUT2D eigenvalue weighted by Gasteiger charge is -2.23. The molecule has 1 amide bonds. The molecule has 1 aliphatic rings. The molecule has 1 aromatic carbocycles. The van der Waals surface area contributed by atoms with E-state index in [1.165, 1.54) is 12.4 Å². The van der Waals surface area contributed by atoms with Crippen LogP contribution in [-0.2, 0) is 6.54 Å². The number of aromatic nitrogens is 2. The molecule has 0 atom stereocenters. The normalized spacial score (nSPS) is 13.5. The van der Waals surface area contributed by atoms with Crippen molar-refractivity contribution in [3.05, 3.63) is 48.0 Å². The maximum absolute atomic E-state index is 12.7. The van der Waals surface area contributed by atoms with Crippen LogP contribution in [0.1, 0.15) is 28.9 Å². The van der Waals surface area contributed by atoms with Crippen molar-refractivity contribution in [1.29, 1.82) is 0 Å². The van der Waals surface area contributed by atoms with Crippen LogP contribution in [0, 0.1) is 0 Å². The van der Waals surface area contributed by atoms with Crippen molar-refractivity contribution in [3.8, 4) is 11.5 Å². The van der Waals surface area contributed by atoms with Gasteiger partial charge in [-0.3, -0.25) is 9.78 Å². The van der Waals surface area contributed by atoms with Gasteiger partial charge in [0, 0.05) is 24.0 Å². The minimum absolute atomic E-state index is 0.106. The molecule has 120 valence electrons. The molecule has 0 aliphatic heterocycles. The molecule has 1 fully saturated rings. The number of carbonyl (C=O) groups is 1. The van der Waals surface area contributed by atoms with E-state index in [4.69, 9.17) is 9.47 Å². The van der Waals surface area contributed by atoms with Crippen molar-refractivity contribution >= 4 is 5.91 Å². The van der Waals surface area contributed by atoms with E-state index in [9.17, 15) is 4.79 Å². The number of amides is 1. The Morgan fingerprint density at radius 1 is 1.26 bits per heavy atom. The summed E-state index contributed by atoms with van der Waals surface area (Å²) in [7, 11) is 3.24. The van der Waals surface area contributed by atoms with Crippen LogP contribution >= 0.6 is 0 Å². The van der Waals surface area contributed by atoms with Gasteiger partial charge < -0.3 is 14.4 Å². The molecule has 0 bridgehead atoms. The molecular formula is C17H19N3O3. The van der Waals surface area contributed by atoms with Crippen LogP contribution in [0.4, 0.5) is 0 Å². The first-order chi connectivity index (χ1) is 11.2. The summed E-state index contributed by atoms with van der Waals surface area (Å²) in [4.78, 5) is 22.7. The fourth-order valence-electron chi connectivity index (χ4n) is 2.50. The Bertz CT molecular complexity index is 687. The van der Waals surface area contributed by atoms with Gasteiger partial charge in [-0.25, -0.2) is 4.98 Å². The van der Waals surface area contributed by atoms with Crippen LogP contribution in [0.25, 0.3) is 0 Å². The number of hydrogen-bond donors (Lipinski definition) is 0. The molecule has 0 saturated heterocycles. The summed E-state index contributed by atoms with van der Waals surface area (Å²) in [5, 5.41) is 0. The molecule has 6 heteroatoms. The summed E-state index contributed by atoms with van der Waals surface area (Å²) in [6, 6.07) is 5.85. The Labute approximate surface area is 135 Å². The van der Waals surface area contributed by atoms with Crippen LogP contribution in [0.5, 0.6) is 11.5 Å². The van der Waals surface area contributed by atoms with E-state index in [1.54, 1.807) is 20.4 Å². The molecule has 1 saturated carbocycles. The van der Waals surface area contributed by atoms with Crippen LogP contribution in [-0.4, -0.2) is 41.0 Å². The zero-order chi connectivity index (χ0) is 16.2. The molecule has 23 heavy (non-hydrogen) atoms. The van der Waals surface area contributed by atoms with E-state index in [1.807, 2.05) is 23.1 Å². The predicted octanol–water partition coefficient (Wildman–Crippen LogP) is 2.30. The van der Waals surface area contributed by atoms with Gasteiger partial charge in [0.15, 0.2) is 0 Å². The minimum atomic E-state index is -0.106. The van der Waals surface area contributed by atoms with Gasteiger partial charge in [-0.2, -0.15) is 0 Å². The monoisotopic (exact) mass is 313 g/mol. The van der Waals surface area contributed by atoms with Crippen LogP contribution in [0.2, 0.25) is 0 Å². The first-order valence-corrected chi connectivity index (χ1v) is 7.51. The number of methoxy groups -OCH3 is 2. The standard InChI is InChI=1S/C17H19N3O3/c1-22-14-5-6-16(23-2)12(9-14)11-20(13-3-4-13)17(21)15-10-18-7-8-19-15/h5-10,13H,3-4,11H2,1-2H3. The topological polar surface area (TPSA) is 64.6 Å². The fraction of sp³-hybridized carbons (Fsp3) is 0.353. The number of nitrogens with zero attached hydrogens (tertiary/aromatic N) is 3. The second kappa shape index (κ2) is 6.64. The molecular weight excluding hydrogens is 294 g/mol. The van der Waals surface area contributed by atoms with Crippen LogP contribution in [0.3, 0.4) is 0 Å². The summed E-state index contributed by atoms with van der Waals surface area (Å²) in [6.07, 6.45) is 6.62. The van der Waals surface area contributed by atoms with Gasteiger partial charge in [0.1, 0.15) is 17.2 Å². The molecule has 1 aromatic heterocycles. The summed E-state index contributed by atoms with van der Waals surface area (Å²) in [6.45, 7) is 0.459.